The zero-order chi connectivity index (χ0) is 25.5. The fourth-order valence-corrected chi connectivity index (χ4v) is 4.14. The molecule has 9 heteroatoms. The van der Waals surface area contributed by atoms with Crippen molar-refractivity contribution in [3.05, 3.63) is 88.2 Å². The Kier molecular flexibility index (Phi) is 7.99. The molecule has 0 bridgehead atoms. The zero-order valence-electron chi connectivity index (χ0n) is 20.6. The lowest BCUT2D eigenvalue weighted by molar-refractivity contribution is -0.143. The number of carbonyl (C=O) groups is 2. The summed E-state index contributed by atoms with van der Waals surface area (Å²) in [4.78, 5) is 41.4. The second kappa shape index (κ2) is 11.5. The van der Waals surface area contributed by atoms with Crippen LogP contribution in [0.2, 0.25) is 0 Å². The maximum absolute atomic E-state index is 13.1. The smallest absolute Gasteiger partial charge is 0.318 e. The first-order chi connectivity index (χ1) is 17.4. The molecule has 1 atom stereocenters. The first-order valence-corrected chi connectivity index (χ1v) is 12.1. The number of ether oxygens (including phenoxy) is 1. The highest BCUT2D eigenvalue weighted by molar-refractivity contribution is 5.77. The Morgan fingerprint density at radius 1 is 0.972 bits per heavy atom. The molecule has 1 aliphatic heterocycles. The van der Waals surface area contributed by atoms with E-state index in [1.807, 2.05) is 61.5 Å². The normalized spacial score (nSPS) is 14.3. The molecule has 0 radical (unpaired) electrons. The van der Waals surface area contributed by atoms with Gasteiger partial charge in [0.25, 0.3) is 5.56 Å². The number of hydrogen-bond donors (Lipinski definition) is 1. The first kappa shape index (κ1) is 25.0. The number of benzene rings is 2. The summed E-state index contributed by atoms with van der Waals surface area (Å²) in [5, 5.41) is 7.56. The minimum absolute atomic E-state index is 0.0635. The summed E-state index contributed by atoms with van der Waals surface area (Å²) in [6, 6.07) is 19.6. The van der Waals surface area contributed by atoms with E-state index < -0.39 is 6.04 Å². The van der Waals surface area contributed by atoms with Crippen LogP contribution < -0.4 is 15.8 Å². The van der Waals surface area contributed by atoms with Gasteiger partial charge in [0.1, 0.15) is 5.82 Å². The van der Waals surface area contributed by atoms with E-state index >= 15 is 0 Å². The van der Waals surface area contributed by atoms with Gasteiger partial charge in [-0.2, -0.15) is 4.68 Å². The second-order valence-electron chi connectivity index (χ2n) is 8.67. The highest BCUT2D eigenvalue weighted by Gasteiger charge is 2.26. The average molecular weight is 490 g/mol. The van der Waals surface area contributed by atoms with Crippen molar-refractivity contribution >= 4 is 17.8 Å². The molecule has 1 aliphatic rings. The number of carbonyl (C=O) groups excluding carboxylic acids is 2. The quantitative estimate of drug-likeness (QED) is 0.513. The summed E-state index contributed by atoms with van der Waals surface area (Å²) in [5.41, 5.74) is 2.46. The van der Waals surface area contributed by atoms with Gasteiger partial charge in [0, 0.05) is 32.2 Å². The van der Waals surface area contributed by atoms with Crippen LogP contribution in [0.5, 0.6) is 0 Å². The van der Waals surface area contributed by atoms with Gasteiger partial charge in [0.2, 0.25) is 0 Å². The van der Waals surface area contributed by atoms with Crippen LogP contribution in [0.15, 0.2) is 71.5 Å². The molecule has 36 heavy (non-hydrogen) atoms. The average Bonchev–Trinajstić information content (AvgIpc) is 2.90. The van der Waals surface area contributed by atoms with E-state index in [2.05, 4.69) is 15.3 Å². The van der Waals surface area contributed by atoms with Gasteiger partial charge in [-0.1, -0.05) is 48.0 Å². The molecule has 9 nitrogen and oxygen atoms in total. The SMILES string of the molecule is CCOC(=O)C[C@@H](NC(=O)N1CCN(c2ccc(=O)n(-c3ccc(C)cc3)n2)CC1)c1ccccc1. The number of aromatic nitrogens is 2. The summed E-state index contributed by atoms with van der Waals surface area (Å²) < 4.78 is 6.49. The molecule has 2 heterocycles. The molecule has 2 aromatic carbocycles. The van der Waals surface area contributed by atoms with Gasteiger partial charge >= 0.3 is 12.0 Å². The summed E-state index contributed by atoms with van der Waals surface area (Å²) in [7, 11) is 0. The van der Waals surface area contributed by atoms with Crippen molar-refractivity contribution in [2.24, 2.45) is 0 Å². The van der Waals surface area contributed by atoms with E-state index in [9.17, 15) is 14.4 Å². The number of rotatable bonds is 7. The second-order valence-corrected chi connectivity index (χ2v) is 8.67. The van der Waals surface area contributed by atoms with Gasteiger partial charge in [-0.25, -0.2) is 4.79 Å². The number of aryl methyl sites for hydroxylation is 1. The third-order valence-corrected chi connectivity index (χ3v) is 6.13. The number of nitrogens with one attached hydrogen (secondary N) is 1. The van der Waals surface area contributed by atoms with Gasteiger partial charge in [0.15, 0.2) is 0 Å². The summed E-state index contributed by atoms with van der Waals surface area (Å²) in [6.45, 7) is 6.15. The zero-order valence-corrected chi connectivity index (χ0v) is 20.6. The van der Waals surface area contributed by atoms with Crippen LogP contribution in [0.3, 0.4) is 0 Å². The van der Waals surface area contributed by atoms with E-state index in [0.29, 0.717) is 44.3 Å². The van der Waals surface area contributed by atoms with Crippen molar-refractivity contribution in [1.29, 1.82) is 0 Å². The third kappa shape index (κ3) is 6.10. The van der Waals surface area contributed by atoms with Crippen molar-refractivity contribution in [2.75, 3.05) is 37.7 Å². The maximum Gasteiger partial charge on any atom is 0.318 e. The third-order valence-electron chi connectivity index (χ3n) is 6.13. The predicted molar refractivity (Wildman–Crippen MR) is 137 cm³/mol. The van der Waals surface area contributed by atoms with Crippen molar-refractivity contribution in [1.82, 2.24) is 20.0 Å². The van der Waals surface area contributed by atoms with Crippen molar-refractivity contribution in [3.8, 4) is 5.69 Å². The van der Waals surface area contributed by atoms with Crippen molar-refractivity contribution in [2.45, 2.75) is 26.3 Å². The minimum Gasteiger partial charge on any atom is -0.466 e. The molecular weight excluding hydrogens is 458 g/mol. The highest BCUT2D eigenvalue weighted by atomic mass is 16.5. The molecule has 188 valence electrons. The van der Waals surface area contributed by atoms with Crippen LogP contribution in [0.25, 0.3) is 5.69 Å². The Hall–Kier alpha value is -4.14. The van der Waals surface area contributed by atoms with Crippen LogP contribution in [0.4, 0.5) is 10.6 Å². The molecule has 0 saturated carbocycles. The van der Waals surface area contributed by atoms with Crippen LogP contribution in [0, 0.1) is 6.92 Å². The molecule has 0 aliphatic carbocycles. The van der Waals surface area contributed by atoms with Crippen LogP contribution >= 0.6 is 0 Å². The summed E-state index contributed by atoms with van der Waals surface area (Å²) in [5.74, 6) is 0.325. The van der Waals surface area contributed by atoms with Crippen LogP contribution in [-0.2, 0) is 9.53 Å². The Balaban J connectivity index is 1.40. The van der Waals surface area contributed by atoms with Crippen molar-refractivity contribution < 1.29 is 14.3 Å². The number of urea groups is 1. The van der Waals surface area contributed by atoms with E-state index in [0.717, 1.165) is 11.1 Å². The monoisotopic (exact) mass is 489 g/mol. The molecule has 1 aromatic heterocycles. The predicted octanol–water partition coefficient (Wildman–Crippen LogP) is 3.07. The van der Waals surface area contributed by atoms with E-state index in [1.165, 1.54) is 10.7 Å². The number of amides is 2. The summed E-state index contributed by atoms with van der Waals surface area (Å²) >= 11 is 0. The standard InChI is InChI=1S/C27H31N5O4/c1-3-36-26(34)19-23(21-7-5-4-6-8-21)28-27(35)31-17-15-30(16-18-31)24-13-14-25(33)32(29-24)22-11-9-20(2)10-12-22/h4-14,23H,3,15-19H2,1-2H3,(H,28,35)/t23-/m1/s1. The number of hydrogen-bond acceptors (Lipinski definition) is 6. The van der Waals surface area contributed by atoms with Gasteiger partial charge in [-0.05, 0) is 37.6 Å². The van der Waals surface area contributed by atoms with Crippen LogP contribution in [-0.4, -0.2) is 59.5 Å². The van der Waals surface area contributed by atoms with E-state index in [4.69, 9.17) is 4.74 Å². The van der Waals surface area contributed by atoms with Gasteiger partial charge in [-0.3, -0.25) is 9.59 Å². The topological polar surface area (TPSA) is 96.8 Å². The number of piperazine rings is 1. The fraction of sp³-hybridized carbons (Fsp3) is 0.333. The lowest BCUT2D eigenvalue weighted by Crippen LogP contribution is -2.52. The summed E-state index contributed by atoms with van der Waals surface area (Å²) in [6.07, 6.45) is 0.0635. The molecule has 0 spiro atoms. The molecule has 3 aromatic rings. The lowest BCUT2D eigenvalue weighted by atomic mass is 10.0. The Morgan fingerprint density at radius 2 is 1.67 bits per heavy atom. The highest BCUT2D eigenvalue weighted by Crippen LogP contribution is 2.19. The van der Waals surface area contributed by atoms with E-state index in [-0.39, 0.29) is 24.0 Å². The van der Waals surface area contributed by atoms with Gasteiger partial charge in [0.05, 0.1) is 24.8 Å². The molecule has 2 amide bonds. The molecule has 1 saturated heterocycles. The maximum atomic E-state index is 13.1. The molecule has 1 fully saturated rings. The Labute approximate surface area is 210 Å². The number of esters is 1. The Bertz CT molecular complexity index is 1240. The molecule has 4 rings (SSSR count). The van der Waals surface area contributed by atoms with Crippen LogP contribution in [0.1, 0.15) is 30.5 Å². The Morgan fingerprint density at radius 3 is 2.33 bits per heavy atom. The molecule has 1 N–H and O–H groups in total. The lowest BCUT2D eigenvalue weighted by Gasteiger charge is -2.36. The van der Waals surface area contributed by atoms with Gasteiger partial charge in [-0.15, -0.1) is 5.10 Å². The number of anilines is 1. The van der Waals surface area contributed by atoms with E-state index in [1.54, 1.807) is 17.9 Å². The minimum atomic E-state index is -0.476. The largest absolute Gasteiger partial charge is 0.466 e. The van der Waals surface area contributed by atoms with Gasteiger partial charge < -0.3 is 19.9 Å². The molecular formula is C27H31N5O4. The van der Waals surface area contributed by atoms with Crippen molar-refractivity contribution in [3.63, 3.8) is 0 Å². The molecule has 0 unspecified atom stereocenters. The fourth-order valence-electron chi connectivity index (χ4n) is 4.14. The number of nitrogens with zero attached hydrogens (tertiary/aromatic N) is 4. The first-order valence-electron chi connectivity index (χ1n) is 12.1.